The van der Waals surface area contributed by atoms with Crippen LogP contribution in [0, 0.1) is 5.82 Å². The number of carbonyl (C=O) groups excluding carboxylic acids is 2. The number of benzene rings is 1. The second-order valence-electron chi connectivity index (χ2n) is 10.0. The minimum atomic E-state index is -0.412. The summed E-state index contributed by atoms with van der Waals surface area (Å²) < 4.78 is 23.2. The molecule has 0 unspecified atom stereocenters. The monoisotopic (exact) mass is 513 g/mol. The van der Waals surface area contributed by atoms with E-state index in [1.807, 2.05) is 50.3 Å². The predicted molar refractivity (Wildman–Crippen MR) is 140 cm³/mol. The zero-order valence-corrected chi connectivity index (χ0v) is 22.0. The van der Waals surface area contributed by atoms with Gasteiger partial charge in [0.05, 0.1) is 35.7 Å². The van der Waals surface area contributed by atoms with E-state index in [4.69, 9.17) is 4.74 Å². The van der Waals surface area contributed by atoms with E-state index in [2.05, 4.69) is 15.6 Å². The fraction of sp³-hybridized carbons (Fsp3) is 0.423. The molecule has 3 heterocycles. The molecule has 2 amide bonds. The summed E-state index contributed by atoms with van der Waals surface area (Å²) in [5.41, 5.74) is 1.66. The number of aromatic nitrogens is 2. The molecule has 2 aromatic heterocycles. The fourth-order valence-electron chi connectivity index (χ4n) is 4.17. The average Bonchev–Trinajstić information content (AvgIpc) is 3.47. The summed E-state index contributed by atoms with van der Waals surface area (Å²) in [6.45, 7) is 11.1. The van der Waals surface area contributed by atoms with E-state index in [0.717, 1.165) is 0 Å². The molecular weight excluding hydrogens is 481 g/mol. The molecular formula is C26H32FN5O3S. The Bertz CT molecular complexity index is 1240. The molecule has 1 aliphatic rings. The minimum Gasteiger partial charge on any atom is -0.372 e. The first kappa shape index (κ1) is 25.8. The zero-order valence-electron chi connectivity index (χ0n) is 21.2. The van der Waals surface area contributed by atoms with Crippen molar-refractivity contribution in [3.8, 4) is 11.3 Å². The Hall–Kier alpha value is -3.24. The molecule has 0 spiro atoms. The quantitative estimate of drug-likeness (QED) is 0.507. The highest BCUT2D eigenvalue weighted by Gasteiger charge is 2.26. The highest BCUT2D eigenvalue weighted by atomic mass is 32.1. The van der Waals surface area contributed by atoms with Gasteiger partial charge >= 0.3 is 0 Å². The summed E-state index contributed by atoms with van der Waals surface area (Å²) in [5, 5.41) is 7.33. The normalized spacial score (nSPS) is 18.2. The SMILES string of the molecule is C[C@@H]1CN(c2cccc(-c3csc(NC(=O)CNC(=O)c4ccn(C(C)(C)C)c4)n3)c2F)C[C@H](C)O1. The number of hydrogen-bond acceptors (Lipinski definition) is 6. The van der Waals surface area contributed by atoms with Crippen LogP contribution in [0.5, 0.6) is 0 Å². The third-order valence-electron chi connectivity index (χ3n) is 5.90. The van der Waals surface area contributed by atoms with E-state index in [1.54, 1.807) is 35.8 Å². The Labute approximate surface area is 214 Å². The van der Waals surface area contributed by atoms with Crippen LogP contribution in [0.4, 0.5) is 15.2 Å². The van der Waals surface area contributed by atoms with Crippen molar-refractivity contribution in [3.63, 3.8) is 0 Å². The summed E-state index contributed by atoms with van der Waals surface area (Å²) in [7, 11) is 0. The first-order chi connectivity index (χ1) is 17.0. The maximum Gasteiger partial charge on any atom is 0.253 e. The van der Waals surface area contributed by atoms with Gasteiger partial charge in [0.1, 0.15) is 0 Å². The molecule has 0 bridgehead atoms. The van der Waals surface area contributed by atoms with Crippen LogP contribution in [0.2, 0.25) is 0 Å². The summed E-state index contributed by atoms with van der Waals surface area (Å²) >= 11 is 1.20. The van der Waals surface area contributed by atoms with Gasteiger partial charge in [-0.15, -0.1) is 11.3 Å². The van der Waals surface area contributed by atoms with Crippen LogP contribution in [0.3, 0.4) is 0 Å². The first-order valence-electron chi connectivity index (χ1n) is 11.9. The number of morpholine rings is 1. The molecule has 8 nitrogen and oxygen atoms in total. The number of hydrogen-bond donors (Lipinski definition) is 2. The van der Waals surface area contributed by atoms with Gasteiger partial charge in [-0.3, -0.25) is 9.59 Å². The lowest BCUT2D eigenvalue weighted by Crippen LogP contribution is -2.45. The molecule has 2 atom stereocenters. The largest absolute Gasteiger partial charge is 0.372 e. The van der Waals surface area contributed by atoms with Gasteiger partial charge in [0.25, 0.3) is 5.91 Å². The van der Waals surface area contributed by atoms with Crippen molar-refractivity contribution < 1.29 is 18.7 Å². The lowest BCUT2D eigenvalue weighted by atomic mass is 10.1. The third-order valence-corrected chi connectivity index (χ3v) is 6.66. The fourth-order valence-corrected chi connectivity index (χ4v) is 4.89. The van der Waals surface area contributed by atoms with Crippen molar-refractivity contribution in [2.24, 2.45) is 0 Å². The number of halogens is 1. The van der Waals surface area contributed by atoms with Crippen LogP contribution in [0.1, 0.15) is 45.0 Å². The minimum absolute atomic E-state index is 0.0109. The molecule has 1 aliphatic heterocycles. The molecule has 4 rings (SSSR count). The Morgan fingerprint density at radius 2 is 1.92 bits per heavy atom. The highest BCUT2D eigenvalue weighted by molar-refractivity contribution is 7.14. The van der Waals surface area contributed by atoms with Gasteiger partial charge in [-0.2, -0.15) is 0 Å². The highest BCUT2D eigenvalue weighted by Crippen LogP contribution is 2.33. The van der Waals surface area contributed by atoms with Crippen LogP contribution < -0.4 is 15.5 Å². The molecule has 2 N–H and O–H groups in total. The van der Waals surface area contributed by atoms with Crippen molar-refractivity contribution >= 4 is 34.0 Å². The Morgan fingerprint density at radius 1 is 1.19 bits per heavy atom. The van der Waals surface area contributed by atoms with Crippen LogP contribution in [0.15, 0.2) is 42.0 Å². The number of carbonyl (C=O) groups is 2. The molecule has 1 saturated heterocycles. The first-order valence-corrected chi connectivity index (χ1v) is 12.8. The van der Waals surface area contributed by atoms with Crippen LogP contribution in [0.25, 0.3) is 11.3 Å². The average molecular weight is 514 g/mol. The van der Waals surface area contributed by atoms with E-state index in [9.17, 15) is 9.59 Å². The van der Waals surface area contributed by atoms with Crippen molar-refractivity contribution in [1.82, 2.24) is 14.9 Å². The molecule has 36 heavy (non-hydrogen) atoms. The Morgan fingerprint density at radius 3 is 2.58 bits per heavy atom. The summed E-state index contributed by atoms with van der Waals surface area (Å²) in [6.07, 6.45) is 3.61. The molecule has 192 valence electrons. The van der Waals surface area contributed by atoms with Gasteiger partial charge in [0.15, 0.2) is 10.9 Å². The molecule has 0 aliphatic carbocycles. The van der Waals surface area contributed by atoms with Crippen molar-refractivity contribution in [2.75, 3.05) is 29.9 Å². The number of thiazole rings is 1. The molecule has 0 saturated carbocycles. The third kappa shape index (κ3) is 5.93. The molecule has 10 heteroatoms. The topological polar surface area (TPSA) is 88.5 Å². The second kappa shape index (κ2) is 10.4. The predicted octanol–water partition coefficient (Wildman–Crippen LogP) is 4.49. The van der Waals surface area contributed by atoms with Gasteiger partial charge in [-0.05, 0) is 52.8 Å². The standard InChI is InChI=1S/C26H32FN5O3S/c1-16-12-31(13-17(2)35-16)21-8-6-7-19(23(21)27)20-15-36-25(29-20)30-22(33)11-28-24(34)18-9-10-32(14-18)26(3,4)5/h6-10,14-17H,11-13H2,1-5H3,(H,28,34)(H,29,30,33)/t16-,17+. The van der Waals surface area contributed by atoms with Gasteiger partial charge in [-0.25, -0.2) is 9.37 Å². The van der Waals surface area contributed by atoms with Gasteiger partial charge in [0, 0.05) is 42.0 Å². The number of nitrogens with zero attached hydrogens (tertiary/aromatic N) is 3. The summed E-state index contributed by atoms with van der Waals surface area (Å²) in [5.74, 6) is -1.10. The maximum absolute atomic E-state index is 15.5. The van der Waals surface area contributed by atoms with Crippen molar-refractivity contribution in [2.45, 2.75) is 52.4 Å². The maximum atomic E-state index is 15.5. The van der Waals surface area contributed by atoms with Crippen LogP contribution >= 0.6 is 11.3 Å². The van der Waals surface area contributed by atoms with Gasteiger partial charge in [0.2, 0.25) is 5.91 Å². The number of rotatable bonds is 6. The Kier molecular flexibility index (Phi) is 7.46. The van der Waals surface area contributed by atoms with Crippen molar-refractivity contribution in [1.29, 1.82) is 0 Å². The molecule has 1 fully saturated rings. The van der Waals surface area contributed by atoms with Gasteiger partial charge in [-0.1, -0.05) is 6.07 Å². The number of nitrogens with one attached hydrogen (secondary N) is 2. The van der Waals surface area contributed by atoms with E-state index >= 15 is 4.39 Å². The zero-order chi connectivity index (χ0) is 26.0. The van der Waals surface area contributed by atoms with Gasteiger partial charge < -0.3 is 24.8 Å². The summed E-state index contributed by atoms with van der Waals surface area (Å²) in [6, 6.07) is 6.96. The summed E-state index contributed by atoms with van der Waals surface area (Å²) in [4.78, 5) is 31.2. The lowest BCUT2D eigenvalue weighted by Gasteiger charge is -2.37. The second-order valence-corrected chi connectivity index (χ2v) is 10.9. The number of ether oxygens (including phenoxy) is 1. The van der Waals surface area contributed by atoms with Crippen LogP contribution in [-0.4, -0.2) is 53.2 Å². The number of amides is 2. The molecule has 1 aromatic carbocycles. The molecule has 3 aromatic rings. The van der Waals surface area contributed by atoms with E-state index in [-0.39, 0.29) is 36.0 Å². The van der Waals surface area contributed by atoms with E-state index < -0.39 is 5.91 Å². The molecule has 0 radical (unpaired) electrons. The smallest absolute Gasteiger partial charge is 0.253 e. The van der Waals surface area contributed by atoms with Crippen LogP contribution in [-0.2, 0) is 15.1 Å². The number of anilines is 2. The van der Waals surface area contributed by atoms with Crippen molar-refractivity contribution in [3.05, 3.63) is 53.4 Å². The lowest BCUT2D eigenvalue weighted by molar-refractivity contribution is -0.115. The Balaban J connectivity index is 1.38. The van der Waals surface area contributed by atoms with E-state index in [0.29, 0.717) is 40.7 Å². The van der Waals surface area contributed by atoms with E-state index in [1.165, 1.54) is 11.3 Å².